The Morgan fingerprint density at radius 1 is 1.47 bits per heavy atom. The van der Waals surface area contributed by atoms with Crippen LogP contribution in [0.3, 0.4) is 0 Å². The fourth-order valence-corrected chi connectivity index (χ4v) is 1.73. The van der Waals surface area contributed by atoms with E-state index in [4.69, 9.17) is 11.6 Å². The van der Waals surface area contributed by atoms with E-state index in [0.717, 1.165) is 24.0 Å². The van der Waals surface area contributed by atoms with Gasteiger partial charge in [0.15, 0.2) is 0 Å². The molecule has 0 amide bonds. The van der Waals surface area contributed by atoms with Crippen molar-refractivity contribution >= 4 is 33.3 Å². The zero-order valence-electron chi connectivity index (χ0n) is 8.85. The Morgan fingerprint density at radius 3 is 3.12 bits per heavy atom. The average Bonchev–Trinajstić information content (AvgIpc) is 2.82. The number of halogens is 2. The zero-order valence-corrected chi connectivity index (χ0v) is 11.2. The summed E-state index contributed by atoms with van der Waals surface area (Å²) >= 11 is 9.05. The van der Waals surface area contributed by atoms with E-state index >= 15 is 0 Å². The highest BCUT2D eigenvalue weighted by molar-refractivity contribution is 9.10. The molecule has 0 radical (unpaired) electrons. The van der Waals surface area contributed by atoms with Crippen molar-refractivity contribution in [1.29, 1.82) is 0 Å². The third kappa shape index (κ3) is 3.64. The van der Waals surface area contributed by atoms with Gasteiger partial charge in [0.2, 0.25) is 5.28 Å². The van der Waals surface area contributed by atoms with Gasteiger partial charge in [-0.05, 0) is 34.0 Å². The van der Waals surface area contributed by atoms with E-state index in [9.17, 15) is 0 Å². The molecule has 0 atom stereocenters. The summed E-state index contributed by atoms with van der Waals surface area (Å²) in [6, 6.07) is 0. The molecule has 8 heteroatoms. The minimum Gasteiger partial charge on any atom is -0.369 e. The largest absolute Gasteiger partial charge is 0.369 e. The van der Waals surface area contributed by atoms with Gasteiger partial charge in [-0.2, -0.15) is 4.98 Å². The van der Waals surface area contributed by atoms with Crippen LogP contribution in [-0.2, 0) is 6.54 Å². The molecule has 2 aromatic heterocycles. The Labute approximate surface area is 112 Å². The summed E-state index contributed by atoms with van der Waals surface area (Å²) in [5.41, 5.74) is 0. The zero-order chi connectivity index (χ0) is 12.1. The Bertz CT molecular complexity index is 474. The molecule has 0 unspecified atom stereocenters. The van der Waals surface area contributed by atoms with Crippen molar-refractivity contribution < 1.29 is 0 Å². The van der Waals surface area contributed by atoms with E-state index in [2.05, 4.69) is 41.5 Å². The molecule has 0 aliphatic rings. The average molecular weight is 318 g/mol. The first kappa shape index (κ1) is 12.3. The molecule has 17 heavy (non-hydrogen) atoms. The summed E-state index contributed by atoms with van der Waals surface area (Å²) in [5, 5.41) is 11.0. The van der Waals surface area contributed by atoms with E-state index < -0.39 is 0 Å². The summed E-state index contributed by atoms with van der Waals surface area (Å²) in [6.07, 6.45) is 6.03. The minimum atomic E-state index is 0.229. The van der Waals surface area contributed by atoms with Gasteiger partial charge in [0.1, 0.15) is 5.82 Å². The fourth-order valence-electron chi connectivity index (χ4n) is 1.27. The van der Waals surface area contributed by atoms with Gasteiger partial charge in [0.05, 0.1) is 10.7 Å². The molecule has 0 saturated carbocycles. The Morgan fingerprint density at radius 2 is 2.35 bits per heavy atom. The maximum absolute atomic E-state index is 5.71. The summed E-state index contributed by atoms with van der Waals surface area (Å²) in [4.78, 5) is 7.92. The van der Waals surface area contributed by atoms with Gasteiger partial charge in [0, 0.05) is 25.5 Å². The molecule has 0 bridgehead atoms. The smallest absolute Gasteiger partial charge is 0.224 e. The SMILES string of the molecule is Clc1ncc(Br)c(NCCCn2ccnn2)n1. The number of hydrogen-bond donors (Lipinski definition) is 1. The van der Waals surface area contributed by atoms with E-state index in [0.29, 0.717) is 5.82 Å². The maximum Gasteiger partial charge on any atom is 0.224 e. The molecule has 0 saturated heterocycles. The number of nitrogens with one attached hydrogen (secondary N) is 1. The van der Waals surface area contributed by atoms with Crippen LogP contribution < -0.4 is 5.32 Å². The minimum absolute atomic E-state index is 0.229. The molecular formula is C9H10BrClN6. The van der Waals surface area contributed by atoms with Gasteiger partial charge in [-0.3, -0.25) is 4.68 Å². The highest BCUT2D eigenvalue weighted by Crippen LogP contribution is 2.19. The van der Waals surface area contributed by atoms with Crippen LogP contribution in [-0.4, -0.2) is 31.5 Å². The molecule has 2 aromatic rings. The van der Waals surface area contributed by atoms with Crippen molar-refractivity contribution in [3.63, 3.8) is 0 Å². The Kier molecular flexibility index (Phi) is 4.27. The number of rotatable bonds is 5. The van der Waals surface area contributed by atoms with Gasteiger partial charge in [-0.25, -0.2) is 4.98 Å². The second-order valence-electron chi connectivity index (χ2n) is 3.28. The molecule has 0 fully saturated rings. The van der Waals surface area contributed by atoms with Crippen molar-refractivity contribution in [1.82, 2.24) is 25.0 Å². The third-order valence-corrected chi connectivity index (χ3v) is 2.81. The van der Waals surface area contributed by atoms with E-state index in [1.165, 1.54) is 0 Å². The van der Waals surface area contributed by atoms with Crippen LogP contribution in [0.1, 0.15) is 6.42 Å². The van der Waals surface area contributed by atoms with Crippen LogP contribution >= 0.6 is 27.5 Å². The second-order valence-corrected chi connectivity index (χ2v) is 4.47. The molecule has 2 heterocycles. The molecule has 90 valence electrons. The monoisotopic (exact) mass is 316 g/mol. The first-order chi connectivity index (χ1) is 8.25. The third-order valence-electron chi connectivity index (χ3n) is 2.04. The normalized spacial score (nSPS) is 10.5. The highest BCUT2D eigenvalue weighted by atomic mass is 79.9. The van der Waals surface area contributed by atoms with Gasteiger partial charge < -0.3 is 5.32 Å². The van der Waals surface area contributed by atoms with Crippen molar-refractivity contribution in [2.75, 3.05) is 11.9 Å². The topological polar surface area (TPSA) is 68.5 Å². The standard InChI is InChI=1S/C9H10BrClN6/c10-7-6-13-9(11)15-8(7)12-2-1-4-17-5-3-14-16-17/h3,5-6H,1-2,4H2,(H,12,13,15). The quantitative estimate of drug-likeness (QED) is 0.674. The van der Waals surface area contributed by atoms with Crippen LogP contribution in [0.2, 0.25) is 5.28 Å². The predicted octanol–water partition coefficient (Wildman–Crippen LogP) is 1.99. The fraction of sp³-hybridized carbons (Fsp3) is 0.333. The molecule has 0 aliphatic heterocycles. The lowest BCUT2D eigenvalue weighted by Gasteiger charge is -2.07. The van der Waals surface area contributed by atoms with Crippen LogP contribution in [0.25, 0.3) is 0 Å². The van der Waals surface area contributed by atoms with Gasteiger partial charge in [0.25, 0.3) is 0 Å². The summed E-state index contributed by atoms with van der Waals surface area (Å²) < 4.78 is 2.58. The number of anilines is 1. The molecule has 2 rings (SSSR count). The summed E-state index contributed by atoms with van der Waals surface area (Å²) in [5.74, 6) is 0.698. The van der Waals surface area contributed by atoms with Gasteiger partial charge in [-0.1, -0.05) is 5.21 Å². The number of aryl methyl sites for hydroxylation is 1. The second kappa shape index (κ2) is 5.92. The van der Waals surface area contributed by atoms with Crippen molar-refractivity contribution in [2.45, 2.75) is 13.0 Å². The molecule has 1 N–H and O–H groups in total. The van der Waals surface area contributed by atoms with E-state index in [1.54, 1.807) is 17.1 Å². The predicted molar refractivity (Wildman–Crippen MR) is 67.9 cm³/mol. The molecule has 0 aliphatic carbocycles. The lowest BCUT2D eigenvalue weighted by Crippen LogP contribution is -2.09. The van der Waals surface area contributed by atoms with Gasteiger partial charge in [-0.15, -0.1) is 5.10 Å². The molecule has 0 aromatic carbocycles. The number of aromatic nitrogens is 5. The highest BCUT2D eigenvalue weighted by Gasteiger charge is 2.02. The van der Waals surface area contributed by atoms with E-state index in [1.807, 2.05) is 6.20 Å². The first-order valence-corrected chi connectivity index (χ1v) is 6.19. The van der Waals surface area contributed by atoms with Crippen LogP contribution in [0.4, 0.5) is 5.82 Å². The Hall–Kier alpha value is -1.21. The molecular weight excluding hydrogens is 307 g/mol. The van der Waals surface area contributed by atoms with Crippen molar-refractivity contribution in [3.8, 4) is 0 Å². The summed E-state index contributed by atoms with van der Waals surface area (Å²) in [7, 11) is 0. The lowest BCUT2D eigenvalue weighted by atomic mass is 10.4. The van der Waals surface area contributed by atoms with Gasteiger partial charge >= 0.3 is 0 Å². The maximum atomic E-state index is 5.71. The van der Waals surface area contributed by atoms with Crippen molar-refractivity contribution in [3.05, 3.63) is 28.3 Å². The molecule has 0 spiro atoms. The number of hydrogen-bond acceptors (Lipinski definition) is 5. The first-order valence-electron chi connectivity index (χ1n) is 5.02. The summed E-state index contributed by atoms with van der Waals surface area (Å²) in [6.45, 7) is 1.58. The lowest BCUT2D eigenvalue weighted by molar-refractivity contribution is 0.569. The molecule has 6 nitrogen and oxygen atoms in total. The van der Waals surface area contributed by atoms with Crippen molar-refractivity contribution in [2.24, 2.45) is 0 Å². The number of nitrogens with zero attached hydrogens (tertiary/aromatic N) is 5. The van der Waals surface area contributed by atoms with Crippen LogP contribution in [0, 0.1) is 0 Å². The van der Waals surface area contributed by atoms with Crippen LogP contribution in [0.15, 0.2) is 23.1 Å². The Balaban J connectivity index is 1.80. The van der Waals surface area contributed by atoms with E-state index in [-0.39, 0.29) is 5.28 Å². The van der Waals surface area contributed by atoms with Crippen LogP contribution in [0.5, 0.6) is 0 Å².